The van der Waals surface area contributed by atoms with Gasteiger partial charge in [0.25, 0.3) is 0 Å². The molecular formula is C7H16BNO. The minimum atomic E-state index is 0.369. The van der Waals surface area contributed by atoms with Gasteiger partial charge in [-0.1, -0.05) is 0 Å². The Hall–Kier alpha value is -0.0151. The van der Waals surface area contributed by atoms with E-state index in [1.54, 1.807) is 0 Å². The van der Waals surface area contributed by atoms with Gasteiger partial charge in [0.15, 0.2) is 7.98 Å². The fourth-order valence-electron chi connectivity index (χ4n) is 1.53. The Bertz CT molecular complexity index is 91.6. The lowest BCUT2D eigenvalue weighted by molar-refractivity contribution is 0.210. The van der Waals surface area contributed by atoms with Gasteiger partial charge in [0, 0.05) is 6.61 Å². The van der Waals surface area contributed by atoms with Crippen molar-refractivity contribution in [3.8, 4) is 0 Å². The second-order valence-electron chi connectivity index (χ2n) is 3.26. The minimum absolute atomic E-state index is 0.369. The Balaban J connectivity index is 2.13. The lowest BCUT2D eigenvalue weighted by Crippen LogP contribution is -2.31. The molecule has 0 aliphatic carbocycles. The monoisotopic (exact) mass is 141 g/mol. The van der Waals surface area contributed by atoms with E-state index in [1.807, 2.05) is 0 Å². The minimum Gasteiger partial charge on any atom is -0.396 e. The fourth-order valence-corrected chi connectivity index (χ4v) is 1.53. The van der Waals surface area contributed by atoms with Crippen LogP contribution in [0.15, 0.2) is 0 Å². The molecular weight excluding hydrogens is 125 g/mol. The van der Waals surface area contributed by atoms with Gasteiger partial charge in [-0.2, -0.15) is 0 Å². The lowest BCUT2D eigenvalue weighted by Gasteiger charge is -2.28. The quantitative estimate of drug-likeness (QED) is 0.530. The summed E-state index contributed by atoms with van der Waals surface area (Å²) in [5.74, 6) is 0.793. The van der Waals surface area contributed by atoms with Crippen molar-refractivity contribution in [3.63, 3.8) is 0 Å². The van der Waals surface area contributed by atoms with Crippen molar-refractivity contribution in [2.45, 2.75) is 19.3 Å². The Morgan fingerprint density at radius 1 is 1.40 bits per heavy atom. The Morgan fingerprint density at radius 3 is 2.50 bits per heavy atom. The van der Waals surface area contributed by atoms with Gasteiger partial charge in [-0.15, -0.1) is 0 Å². The predicted octanol–water partition coefficient (Wildman–Crippen LogP) is -0.371. The molecule has 1 heterocycles. The van der Waals surface area contributed by atoms with Gasteiger partial charge in [-0.05, 0) is 38.3 Å². The highest BCUT2D eigenvalue weighted by molar-refractivity contribution is 6.04. The molecule has 1 N–H and O–H groups in total. The van der Waals surface area contributed by atoms with Crippen molar-refractivity contribution in [2.24, 2.45) is 5.92 Å². The van der Waals surface area contributed by atoms with E-state index in [9.17, 15) is 0 Å². The number of aliphatic hydroxyl groups excluding tert-OH is 1. The molecule has 1 fully saturated rings. The number of rotatable bonds is 2. The summed E-state index contributed by atoms with van der Waals surface area (Å²) in [7, 11) is 2.16. The van der Waals surface area contributed by atoms with E-state index in [0.29, 0.717) is 6.61 Å². The molecule has 0 aromatic rings. The maximum absolute atomic E-state index is 8.67. The van der Waals surface area contributed by atoms with Crippen molar-refractivity contribution in [2.75, 3.05) is 19.7 Å². The maximum Gasteiger partial charge on any atom is 0.185 e. The van der Waals surface area contributed by atoms with Gasteiger partial charge in [-0.3, -0.25) is 0 Å². The van der Waals surface area contributed by atoms with Crippen LogP contribution >= 0.6 is 0 Å². The average Bonchev–Trinajstić information content (AvgIpc) is 1.95. The smallest absolute Gasteiger partial charge is 0.185 e. The third-order valence-corrected chi connectivity index (χ3v) is 2.38. The third-order valence-electron chi connectivity index (χ3n) is 2.38. The Labute approximate surface area is 63.7 Å². The molecule has 0 amide bonds. The highest BCUT2D eigenvalue weighted by atomic mass is 16.3. The van der Waals surface area contributed by atoms with Gasteiger partial charge < -0.3 is 9.92 Å². The van der Waals surface area contributed by atoms with Crippen LogP contribution in [0.4, 0.5) is 0 Å². The molecule has 0 bridgehead atoms. The van der Waals surface area contributed by atoms with Crippen LogP contribution < -0.4 is 0 Å². The van der Waals surface area contributed by atoms with E-state index < -0.39 is 0 Å². The van der Waals surface area contributed by atoms with Gasteiger partial charge in [0.1, 0.15) is 0 Å². The SMILES string of the molecule is BN1CCC(CCO)CC1. The molecule has 1 aliphatic rings. The average molecular weight is 141 g/mol. The molecule has 2 nitrogen and oxygen atoms in total. The van der Waals surface area contributed by atoms with E-state index in [2.05, 4.69) is 12.8 Å². The van der Waals surface area contributed by atoms with Crippen LogP contribution in [0, 0.1) is 5.92 Å². The predicted molar refractivity (Wildman–Crippen MR) is 44.5 cm³/mol. The summed E-state index contributed by atoms with van der Waals surface area (Å²) in [6, 6.07) is 0. The van der Waals surface area contributed by atoms with Crippen molar-refractivity contribution in [1.82, 2.24) is 4.81 Å². The number of hydrogen-bond donors (Lipinski definition) is 1. The van der Waals surface area contributed by atoms with E-state index in [1.165, 1.54) is 25.9 Å². The van der Waals surface area contributed by atoms with Crippen LogP contribution in [0.1, 0.15) is 19.3 Å². The van der Waals surface area contributed by atoms with Crippen LogP contribution in [0.2, 0.25) is 0 Å². The highest BCUT2D eigenvalue weighted by Gasteiger charge is 2.14. The molecule has 10 heavy (non-hydrogen) atoms. The Morgan fingerprint density at radius 2 is 2.00 bits per heavy atom. The number of nitrogens with zero attached hydrogens (tertiary/aromatic N) is 1. The van der Waals surface area contributed by atoms with E-state index >= 15 is 0 Å². The molecule has 0 aromatic heterocycles. The standard InChI is InChI=1S/C7H16BNO/c8-9-4-1-7(2-5-9)3-6-10/h7,10H,1-6,8H2. The fraction of sp³-hybridized carbons (Fsp3) is 1.00. The summed E-state index contributed by atoms with van der Waals surface area (Å²) in [6.07, 6.45) is 3.56. The van der Waals surface area contributed by atoms with Crippen LogP contribution in [0.3, 0.4) is 0 Å². The van der Waals surface area contributed by atoms with Crippen molar-refractivity contribution in [3.05, 3.63) is 0 Å². The summed E-state index contributed by atoms with van der Waals surface area (Å²) < 4.78 is 0. The molecule has 1 saturated heterocycles. The zero-order chi connectivity index (χ0) is 7.40. The van der Waals surface area contributed by atoms with Crippen LogP contribution in [-0.4, -0.2) is 37.6 Å². The normalized spacial score (nSPS) is 23.3. The molecule has 0 radical (unpaired) electrons. The largest absolute Gasteiger partial charge is 0.396 e. The first-order valence-corrected chi connectivity index (χ1v) is 4.12. The van der Waals surface area contributed by atoms with Gasteiger partial charge in [0.2, 0.25) is 0 Å². The first kappa shape index (κ1) is 8.09. The molecule has 3 heteroatoms. The number of piperidine rings is 1. The summed E-state index contributed by atoms with van der Waals surface area (Å²) >= 11 is 0. The lowest BCUT2D eigenvalue weighted by atomic mass is 9.92. The first-order valence-electron chi connectivity index (χ1n) is 4.12. The van der Waals surface area contributed by atoms with Gasteiger partial charge in [-0.25, -0.2) is 0 Å². The molecule has 0 aromatic carbocycles. The molecule has 0 spiro atoms. The number of aliphatic hydroxyl groups is 1. The zero-order valence-electron chi connectivity index (χ0n) is 6.71. The molecule has 58 valence electrons. The molecule has 0 saturated carbocycles. The van der Waals surface area contributed by atoms with E-state index in [4.69, 9.17) is 5.11 Å². The summed E-state index contributed by atoms with van der Waals surface area (Å²) in [4.78, 5) is 2.36. The second kappa shape index (κ2) is 3.99. The third kappa shape index (κ3) is 2.31. The zero-order valence-corrected chi connectivity index (χ0v) is 6.71. The molecule has 1 rings (SSSR count). The van der Waals surface area contributed by atoms with Crippen molar-refractivity contribution < 1.29 is 5.11 Å². The van der Waals surface area contributed by atoms with Crippen molar-refractivity contribution >= 4 is 7.98 Å². The van der Waals surface area contributed by atoms with Crippen LogP contribution in [0.25, 0.3) is 0 Å². The molecule has 0 atom stereocenters. The van der Waals surface area contributed by atoms with E-state index in [-0.39, 0.29) is 0 Å². The van der Waals surface area contributed by atoms with E-state index in [0.717, 1.165) is 12.3 Å². The summed E-state index contributed by atoms with van der Waals surface area (Å²) in [6.45, 7) is 2.80. The maximum atomic E-state index is 8.67. The Kier molecular flexibility index (Phi) is 3.22. The van der Waals surface area contributed by atoms with Gasteiger partial charge in [0.05, 0.1) is 0 Å². The van der Waals surface area contributed by atoms with Gasteiger partial charge >= 0.3 is 0 Å². The van der Waals surface area contributed by atoms with Crippen LogP contribution in [0.5, 0.6) is 0 Å². The topological polar surface area (TPSA) is 23.5 Å². The van der Waals surface area contributed by atoms with Crippen LogP contribution in [-0.2, 0) is 0 Å². The number of hydrogen-bond acceptors (Lipinski definition) is 2. The summed E-state index contributed by atoms with van der Waals surface area (Å²) in [5.41, 5.74) is 0. The first-order chi connectivity index (χ1) is 4.83. The highest BCUT2D eigenvalue weighted by Crippen LogP contribution is 2.18. The molecule has 1 aliphatic heterocycles. The second-order valence-corrected chi connectivity index (χ2v) is 3.26. The summed E-state index contributed by atoms with van der Waals surface area (Å²) in [5, 5.41) is 8.67. The van der Waals surface area contributed by atoms with Crippen molar-refractivity contribution in [1.29, 1.82) is 0 Å². The molecule has 0 unspecified atom stereocenters.